The average molecular weight is 487 g/mol. The Morgan fingerprint density at radius 2 is 1.54 bits per heavy atom. The average Bonchev–Trinajstić information content (AvgIpc) is 2.78. The van der Waals surface area contributed by atoms with Gasteiger partial charge in [-0.25, -0.2) is 0 Å². The standard InChI is InChI=1S/C30H46O5/c1-17-9-14-29(24(32)33)15-16-30(25(34)35)19(23(29)18(17)2)7-8-21-27(5)12-11-22(31)26(3,4)20(27)10-13-28(21,30)6/h7,17-18,20-23,31H,8-16H2,1-6H3,(H,32,33)(H,34,35)/t17-,18+,20?,21?,22+,23+,27+,28-,29+,30-/m0/s1. The molecule has 3 N–H and O–H groups in total. The second kappa shape index (κ2) is 7.58. The Bertz CT molecular complexity index is 968. The molecule has 10 atom stereocenters. The summed E-state index contributed by atoms with van der Waals surface area (Å²) in [4.78, 5) is 26.3. The van der Waals surface area contributed by atoms with Gasteiger partial charge in [0, 0.05) is 0 Å². The maximum absolute atomic E-state index is 13.5. The molecular formula is C30H46O5. The van der Waals surface area contributed by atoms with Crippen LogP contribution in [0.3, 0.4) is 0 Å². The summed E-state index contributed by atoms with van der Waals surface area (Å²) in [5, 5.41) is 32.5. The third-order valence-corrected chi connectivity index (χ3v) is 13.2. The van der Waals surface area contributed by atoms with Gasteiger partial charge >= 0.3 is 11.9 Å². The quantitative estimate of drug-likeness (QED) is 0.407. The van der Waals surface area contributed by atoms with E-state index in [-0.39, 0.29) is 34.7 Å². The van der Waals surface area contributed by atoms with Gasteiger partial charge in [0.25, 0.3) is 0 Å². The first-order valence-corrected chi connectivity index (χ1v) is 14.1. The minimum atomic E-state index is -1.00. The summed E-state index contributed by atoms with van der Waals surface area (Å²) in [6.45, 7) is 13.4. The van der Waals surface area contributed by atoms with Crippen molar-refractivity contribution >= 4 is 11.9 Å². The number of carboxylic acids is 2. The number of hydrogen-bond donors (Lipinski definition) is 3. The van der Waals surface area contributed by atoms with Crippen LogP contribution in [0.5, 0.6) is 0 Å². The number of rotatable bonds is 2. The van der Waals surface area contributed by atoms with Crippen molar-refractivity contribution < 1.29 is 24.9 Å². The van der Waals surface area contributed by atoms with Crippen molar-refractivity contribution in [3.8, 4) is 0 Å². The largest absolute Gasteiger partial charge is 0.481 e. The van der Waals surface area contributed by atoms with Gasteiger partial charge < -0.3 is 15.3 Å². The second-order valence-corrected chi connectivity index (χ2v) is 14.4. The molecule has 0 aromatic heterocycles. The maximum Gasteiger partial charge on any atom is 0.314 e. The van der Waals surface area contributed by atoms with E-state index in [2.05, 4.69) is 47.6 Å². The Kier molecular flexibility index (Phi) is 5.48. The molecule has 0 amide bonds. The third kappa shape index (κ3) is 2.85. The van der Waals surface area contributed by atoms with Gasteiger partial charge in [0.1, 0.15) is 0 Å². The molecule has 4 saturated carbocycles. The van der Waals surface area contributed by atoms with Crippen LogP contribution in [0.25, 0.3) is 0 Å². The molecule has 0 bridgehead atoms. The summed E-state index contributed by atoms with van der Waals surface area (Å²) in [6.07, 6.45) is 8.62. The molecule has 4 fully saturated rings. The Balaban J connectivity index is 1.68. The highest BCUT2D eigenvalue weighted by atomic mass is 16.4. The van der Waals surface area contributed by atoms with E-state index in [1.807, 2.05) is 0 Å². The molecule has 196 valence electrons. The van der Waals surface area contributed by atoms with E-state index in [1.54, 1.807) is 0 Å². The molecule has 5 heteroatoms. The minimum absolute atomic E-state index is 0.0347. The van der Waals surface area contributed by atoms with Crippen LogP contribution in [0.15, 0.2) is 11.6 Å². The van der Waals surface area contributed by atoms with Crippen LogP contribution in [-0.4, -0.2) is 33.4 Å². The van der Waals surface area contributed by atoms with Gasteiger partial charge in [0.15, 0.2) is 0 Å². The number of allylic oxidation sites excluding steroid dienone is 1. The van der Waals surface area contributed by atoms with Gasteiger partial charge in [-0.3, -0.25) is 9.59 Å². The number of aliphatic hydroxyl groups excluding tert-OH is 1. The van der Waals surface area contributed by atoms with Gasteiger partial charge in [-0.05, 0) is 104 Å². The molecule has 0 heterocycles. The fourth-order valence-electron chi connectivity index (χ4n) is 11.0. The molecule has 0 aromatic carbocycles. The SMILES string of the molecule is C[C@@H]1[C@@H](C)CC[C@@]2(C(=O)O)CC[C@@]3(C(=O)O)C(=CCC4[C@]5(C)CC[C@@H](O)C(C)(C)C5CC[C@@]43C)[C@@H]12. The smallest absolute Gasteiger partial charge is 0.314 e. The van der Waals surface area contributed by atoms with Gasteiger partial charge in [-0.1, -0.05) is 53.2 Å². The summed E-state index contributed by atoms with van der Waals surface area (Å²) in [6, 6.07) is 0. The zero-order valence-electron chi connectivity index (χ0n) is 22.6. The van der Waals surface area contributed by atoms with Crippen LogP contribution >= 0.6 is 0 Å². The van der Waals surface area contributed by atoms with Crippen molar-refractivity contribution in [3.05, 3.63) is 11.6 Å². The second-order valence-electron chi connectivity index (χ2n) is 14.4. The topological polar surface area (TPSA) is 94.8 Å². The van der Waals surface area contributed by atoms with E-state index in [1.165, 1.54) is 0 Å². The molecule has 0 aromatic rings. The fraction of sp³-hybridized carbons (Fsp3) is 0.867. The van der Waals surface area contributed by atoms with E-state index < -0.39 is 28.2 Å². The van der Waals surface area contributed by atoms with Crippen LogP contribution in [0.1, 0.15) is 99.3 Å². The van der Waals surface area contributed by atoms with Crippen molar-refractivity contribution in [1.82, 2.24) is 0 Å². The Labute approximate surface area is 210 Å². The van der Waals surface area contributed by atoms with Gasteiger partial charge in [0.05, 0.1) is 16.9 Å². The fourth-order valence-corrected chi connectivity index (χ4v) is 11.0. The number of carbonyl (C=O) groups is 2. The first-order valence-electron chi connectivity index (χ1n) is 14.1. The molecule has 5 aliphatic carbocycles. The van der Waals surface area contributed by atoms with Crippen molar-refractivity contribution in [2.24, 2.45) is 56.7 Å². The zero-order chi connectivity index (χ0) is 25.8. The lowest BCUT2D eigenvalue weighted by atomic mass is 9.33. The summed E-state index contributed by atoms with van der Waals surface area (Å²) in [5.41, 5.74) is -1.53. The summed E-state index contributed by atoms with van der Waals surface area (Å²) < 4.78 is 0. The Morgan fingerprint density at radius 3 is 2.17 bits per heavy atom. The molecule has 5 nitrogen and oxygen atoms in total. The van der Waals surface area contributed by atoms with Crippen molar-refractivity contribution in [2.75, 3.05) is 0 Å². The first-order chi connectivity index (χ1) is 16.2. The monoisotopic (exact) mass is 486 g/mol. The molecule has 0 aliphatic heterocycles. The molecular weight excluding hydrogens is 440 g/mol. The van der Waals surface area contributed by atoms with Crippen molar-refractivity contribution in [2.45, 2.75) is 105 Å². The number of aliphatic hydroxyl groups is 1. The molecule has 5 aliphatic rings. The van der Waals surface area contributed by atoms with E-state index >= 15 is 0 Å². The predicted octanol–water partition coefficient (Wildman–Crippen LogP) is 6.15. The number of fused-ring (bicyclic) bond motifs is 7. The van der Waals surface area contributed by atoms with Gasteiger partial charge in [-0.2, -0.15) is 0 Å². The number of hydrogen-bond acceptors (Lipinski definition) is 3. The van der Waals surface area contributed by atoms with E-state index in [0.29, 0.717) is 31.1 Å². The van der Waals surface area contributed by atoms with Crippen molar-refractivity contribution in [3.63, 3.8) is 0 Å². The molecule has 5 rings (SSSR count). The summed E-state index contributed by atoms with van der Waals surface area (Å²) in [5.74, 6) is -0.563. The zero-order valence-corrected chi connectivity index (χ0v) is 22.6. The highest BCUT2D eigenvalue weighted by Crippen LogP contribution is 2.75. The highest BCUT2D eigenvalue weighted by Gasteiger charge is 2.73. The molecule has 2 unspecified atom stereocenters. The van der Waals surface area contributed by atoms with E-state index in [0.717, 1.165) is 44.1 Å². The summed E-state index contributed by atoms with van der Waals surface area (Å²) in [7, 11) is 0. The maximum atomic E-state index is 13.5. The van der Waals surface area contributed by atoms with Crippen LogP contribution in [-0.2, 0) is 9.59 Å². The van der Waals surface area contributed by atoms with Gasteiger partial charge in [0.2, 0.25) is 0 Å². The molecule has 35 heavy (non-hydrogen) atoms. The predicted molar refractivity (Wildman–Crippen MR) is 135 cm³/mol. The van der Waals surface area contributed by atoms with Gasteiger partial charge in [-0.15, -0.1) is 0 Å². The molecule has 0 spiro atoms. The van der Waals surface area contributed by atoms with Crippen molar-refractivity contribution in [1.29, 1.82) is 0 Å². The van der Waals surface area contributed by atoms with E-state index in [9.17, 15) is 24.9 Å². The first kappa shape index (κ1) is 25.3. The van der Waals surface area contributed by atoms with Crippen LogP contribution in [0, 0.1) is 56.7 Å². The van der Waals surface area contributed by atoms with Crippen LogP contribution in [0.4, 0.5) is 0 Å². The lowest BCUT2D eigenvalue weighted by Gasteiger charge is -2.70. The lowest BCUT2D eigenvalue weighted by molar-refractivity contribution is -0.216. The highest BCUT2D eigenvalue weighted by molar-refractivity contribution is 5.84. The summed E-state index contributed by atoms with van der Waals surface area (Å²) >= 11 is 0. The minimum Gasteiger partial charge on any atom is -0.481 e. The number of aliphatic carboxylic acids is 2. The van der Waals surface area contributed by atoms with E-state index in [4.69, 9.17) is 0 Å². The van der Waals surface area contributed by atoms with Crippen LogP contribution < -0.4 is 0 Å². The Hall–Kier alpha value is -1.36. The normalized spacial score (nSPS) is 52.7. The molecule has 0 radical (unpaired) electrons. The third-order valence-electron chi connectivity index (χ3n) is 13.2. The number of carboxylic acid groups (broad SMARTS) is 2. The molecule has 0 saturated heterocycles. The Morgan fingerprint density at radius 1 is 0.857 bits per heavy atom. The van der Waals surface area contributed by atoms with Crippen LogP contribution in [0.2, 0.25) is 0 Å². The lowest BCUT2D eigenvalue weighted by Crippen LogP contribution is -2.67.